The van der Waals surface area contributed by atoms with Crippen LogP contribution in [0, 0.1) is 0 Å². The van der Waals surface area contributed by atoms with Gasteiger partial charge in [-0.15, -0.1) is 6.58 Å². The Morgan fingerprint density at radius 1 is 1.35 bits per heavy atom. The van der Waals surface area contributed by atoms with Crippen molar-refractivity contribution >= 4 is 9.84 Å². The molecule has 0 saturated carbocycles. The van der Waals surface area contributed by atoms with Crippen LogP contribution >= 0.6 is 0 Å². The fourth-order valence-electron chi connectivity index (χ4n) is 1.57. The normalized spacial score (nSPS) is 12.4. The predicted octanol–water partition coefficient (Wildman–Crippen LogP) is 3.33. The molecule has 94 valence electrons. The molecule has 0 atom stereocenters. The van der Waals surface area contributed by atoms with Crippen LogP contribution in [0.25, 0.3) is 0 Å². The van der Waals surface area contributed by atoms with Crippen LogP contribution in [0.2, 0.25) is 0 Å². The van der Waals surface area contributed by atoms with Crippen molar-refractivity contribution in [3.8, 4) is 0 Å². The highest BCUT2D eigenvalue weighted by molar-refractivity contribution is 7.91. The predicted molar refractivity (Wildman–Crippen MR) is 72.0 cm³/mol. The third-order valence-corrected chi connectivity index (χ3v) is 4.84. The van der Waals surface area contributed by atoms with Crippen molar-refractivity contribution in [1.29, 1.82) is 0 Å². The Morgan fingerprint density at radius 3 is 2.53 bits per heavy atom. The highest BCUT2D eigenvalue weighted by Gasteiger charge is 2.20. The second-order valence-electron chi connectivity index (χ2n) is 4.84. The third-order valence-electron chi connectivity index (χ3n) is 3.20. The highest BCUT2D eigenvalue weighted by atomic mass is 32.2. The third kappa shape index (κ3) is 3.19. The topological polar surface area (TPSA) is 34.1 Å². The van der Waals surface area contributed by atoms with Gasteiger partial charge in [0.25, 0.3) is 0 Å². The Bertz CT molecular complexity index is 499. The van der Waals surface area contributed by atoms with E-state index >= 15 is 0 Å². The molecule has 0 saturated heterocycles. The second-order valence-corrected chi connectivity index (χ2v) is 6.87. The average Bonchev–Trinajstić information content (AvgIpc) is 2.29. The van der Waals surface area contributed by atoms with Gasteiger partial charge >= 0.3 is 0 Å². The van der Waals surface area contributed by atoms with E-state index in [9.17, 15) is 8.42 Å². The summed E-state index contributed by atoms with van der Waals surface area (Å²) in [6.45, 7) is 9.82. The Labute approximate surface area is 104 Å². The lowest BCUT2D eigenvalue weighted by atomic mass is 9.82. The molecule has 0 aromatic heterocycles. The van der Waals surface area contributed by atoms with Gasteiger partial charge in [0, 0.05) is 0 Å². The fraction of sp³-hybridized carbons (Fsp3) is 0.429. The molecule has 17 heavy (non-hydrogen) atoms. The van der Waals surface area contributed by atoms with Gasteiger partial charge in [-0.05, 0) is 29.5 Å². The SMILES string of the molecule is C=CCS(=O)(=O)c1cccc(C(C)(C)CC)c1. The molecule has 1 aromatic rings. The van der Waals surface area contributed by atoms with Gasteiger partial charge in [-0.1, -0.05) is 39.0 Å². The van der Waals surface area contributed by atoms with Crippen molar-refractivity contribution in [2.24, 2.45) is 0 Å². The van der Waals surface area contributed by atoms with Gasteiger partial charge in [-0.3, -0.25) is 0 Å². The molecular weight excluding hydrogens is 232 g/mol. The van der Waals surface area contributed by atoms with Gasteiger partial charge in [0.1, 0.15) is 0 Å². The minimum absolute atomic E-state index is 0.000289. The Kier molecular flexibility index (Phi) is 4.15. The van der Waals surface area contributed by atoms with Crippen molar-refractivity contribution < 1.29 is 8.42 Å². The Morgan fingerprint density at radius 2 is 2.00 bits per heavy atom. The van der Waals surface area contributed by atoms with Crippen LogP contribution in [0.3, 0.4) is 0 Å². The first-order valence-corrected chi connectivity index (χ1v) is 7.43. The van der Waals surface area contributed by atoms with Crippen molar-refractivity contribution in [3.05, 3.63) is 42.5 Å². The zero-order chi connectivity index (χ0) is 13.1. The zero-order valence-corrected chi connectivity index (χ0v) is 11.5. The molecule has 0 aliphatic carbocycles. The maximum Gasteiger partial charge on any atom is 0.181 e. The molecule has 0 bridgehead atoms. The summed E-state index contributed by atoms with van der Waals surface area (Å²) in [5.74, 6) is -0.0109. The molecule has 3 heteroatoms. The van der Waals surface area contributed by atoms with Crippen molar-refractivity contribution in [2.45, 2.75) is 37.5 Å². The summed E-state index contributed by atoms with van der Waals surface area (Å²) in [4.78, 5) is 0.386. The molecule has 0 heterocycles. The van der Waals surface area contributed by atoms with Gasteiger partial charge in [-0.25, -0.2) is 8.42 Å². The maximum atomic E-state index is 11.9. The summed E-state index contributed by atoms with van der Waals surface area (Å²) in [5.41, 5.74) is 1.06. The molecule has 1 aromatic carbocycles. The van der Waals surface area contributed by atoms with Gasteiger partial charge in [0.05, 0.1) is 10.6 Å². The van der Waals surface area contributed by atoms with Crippen LogP contribution in [-0.4, -0.2) is 14.2 Å². The summed E-state index contributed by atoms with van der Waals surface area (Å²) in [6, 6.07) is 7.22. The maximum absolute atomic E-state index is 11.9. The van der Waals surface area contributed by atoms with E-state index in [2.05, 4.69) is 27.4 Å². The molecule has 0 amide bonds. The van der Waals surface area contributed by atoms with E-state index in [0.29, 0.717) is 4.90 Å². The lowest BCUT2D eigenvalue weighted by Gasteiger charge is -2.23. The van der Waals surface area contributed by atoms with Gasteiger partial charge in [-0.2, -0.15) is 0 Å². The van der Waals surface area contributed by atoms with Crippen molar-refractivity contribution in [3.63, 3.8) is 0 Å². The smallest absolute Gasteiger partial charge is 0.181 e. The second kappa shape index (κ2) is 5.05. The Hall–Kier alpha value is -1.09. The van der Waals surface area contributed by atoms with Crippen LogP contribution in [0.15, 0.2) is 41.8 Å². The number of rotatable bonds is 5. The molecule has 0 aliphatic rings. The lowest BCUT2D eigenvalue weighted by Crippen LogP contribution is -2.16. The molecule has 0 aliphatic heterocycles. The summed E-state index contributed by atoms with van der Waals surface area (Å²) < 4.78 is 23.9. The summed E-state index contributed by atoms with van der Waals surface area (Å²) in [6.07, 6.45) is 2.39. The van der Waals surface area contributed by atoms with Gasteiger partial charge in [0.15, 0.2) is 9.84 Å². The first-order valence-electron chi connectivity index (χ1n) is 5.77. The van der Waals surface area contributed by atoms with Crippen molar-refractivity contribution in [1.82, 2.24) is 0 Å². The van der Waals surface area contributed by atoms with Crippen LogP contribution in [0.4, 0.5) is 0 Å². The summed E-state index contributed by atoms with van der Waals surface area (Å²) >= 11 is 0. The average molecular weight is 252 g/mol. The minimum atomic E-state index is -3.22. The van der Waals surface area contributed by atoms with Crippen LogP contribution < -0.4 is 0 Å². The van der Waals surface area contributed by atoms with Crippen LogP contribution in [0.5, 0.6) is 0 Å². The number of hydrogen-bond acceptors (Lipinski definition) is 2. The first-order chi connectivity index (χ1) is 7.83. The number of benzene rings is 1. The van der Waals surface area contributed by atoms with E-state index in [1.165, 1.54) is 6.08 Å². The minimum Gasteiger partial charge on any atom is -0.223 e. The first kappa shape index (κ1) is 14.0. The van der Waals surface area contributed by atoms with E-state index < -0.39 is 9.84 Å². The molecule has 0 fully saturated rings. The lowest BCUT2D eigenvalue weighted by molar-refractivity contribution is 0.505. The number of sulfone groups is 1. The van der Waals surface area contributed by atoms with Gasteiger partial charge < -0.3 is 0 Å². The molecule has 2 nitrogen and oxygen atoms in total. The molecule has 0 unspecified atom stereocenters. The quantitative estimate of drug-likeness (QED) is 0.753. The molecule has 1 rings (SSSR count). The summed E-state index contributed by atoms with van der Waals surface area (Å²) in [5, 5.41) is 0. The van der Waals surface area contributed by atoms with Crippen molar-refractivity contribution in [2.75, 3.05) is 5.75 Å². The molecular formula is C14H20O2S. The molecule has 0 N–H and O–H groups in total. The Balaban J connectivity index is 3.23. The van der Waals surface area contributed by atoms with Crippen LogP contribution in [0.1, 0.15) is 32.8 Å². The van der Waals surface area contributed by atoms with E-state index in [1.54, 1.807) is 12.1 Å². The molecule has 0 radical (unpaired) electrons. The standard InChI is InChI=1S/C14H20O2S/c1-5-10-17(15,16)13-9-7-8-12(11-13)14(3,4)6-2/h5,7-9,11H,1,6,10H2,2-4H3. The van der Waals surface area contributed by atoms with E-state index in [1.807, 2.05) is 12.1 Å². The summed E-state index contributed by atoms with van der Waals surface area (Å²) in [7, 11) is -3.22. The number of hydrogen-bond donors (Lipinski definition) is 0. The van der Waals surface area contributed by atoms with E-state index in [0.717, 1.165) is 12.0 Å². The van der Waals surface area contributed by atoms with E-state index in [4.69, 9.17) is 0 Å². The highest BCUT2D eigenvalue weighted by Crippen LogP contribution is 2.28. The van der Waals surface area contributed by atoms with Crippen LogP contribution in [-0.2, 0) is 15.3 Å². The monoisotopic (exact) mass is 252 g/mol. The fourth-order valence-corrected chi connectivity index (χ4v) is 2.66. The zero-order valence-electron chi connectivity index (χ0n) is 10.7. The van der Waals surface area contributed by atoms with E-state index in [-0.39, 0.29) is 11.2 Å². The molecule has 0 spiro atoms. The largest absolute Gasteiger partial charge is 0.223 e. The van der Waals surface area contributed by atoms with Gasteiger partial charge in [0.2, 0.25) is 0 Å².